The Morgan fingerprint density at radius 1 is 1.14 bits per heavy atom. The Labute approximate surface area is 167 Å². The molecule has 2 heterocycles. The smallest absolute Gasteiger partial charge is 0.257 e. The highest BCUT2D eigenvalue weighted by Gasteiger charge is 2.30. The molecule has 7 heteroatoms. The topological polar surface area (TPSA) is 84.0 Å². The molecule has 0 bridgehead atoms. The maximum Gasteiger partial charge on any atom is 0.257 e. The first-order chi connectivity index (χ1) is 13.7. The normalized spacial score (nSPS) is 15.5. The molecule has 6 nitrogen and oxygen atoms in total. The summed E-state index contributed by atoms with van der Waals surface area (Å²) in [4.78, 5) is 34.8. The summed E-state index contributed by atoms with van der Waals surface area (Å²) < 4.78 is 0. The second-order valence-corrected chi connectivity index (χ2v) is 7.76. The van der Waals surface area contributed by atoms with Gasteiger partial charge in [-0.3, -0.25) is 19.9 Å². The second-order valence-electron chi connectivity index (χ2n) is 6.67. The third kappa shape index (κ3) is 4.09. The van der Waals surface area contributed by atoms with Crippen LogP contribution < -0.4 is 10.6 Å². The third-order valence-corrected chi connectivity index (χ3v) is 5.76. The van der Waals surface area contributed by atoms with E-state index in [0.29, 0.717) is 17.2 Å². The maximum absolute atomic E-state index is 12.7. The minimum absolute atomic E-state index is 0.0314. The Hall–Kier alpha value is -3.06. The highest BCUT2D eigenvalue weighted by Crippen LogP contribution is 2.37. The van der Waals surface area contributed by atoms with Gasteiger partial charge >= 0.3 is 0 Å². The number of hydrogen-bond acceptors (Lipinski definition) is 5. The molecule has 28 heavy (non-hydrogen) atoms. The zero-order valence-electron chi connectivity index (χ0n) is 15.2. The standard InChI is InChI=1S/C21H20N4O2S/c26-19(15-7-2-1-3-8-15)25-21-24-18-16(9-4-10-17(18)28-21)20(27)23-13-14-6-5-11-22-12-14/h1-3,5-8,11-12,16H,4,9-10,13H2,(H,23,27)(H,24,25,26). The molecule has 2 amide bonds. The summed E-state index contributed by atoms with van der Waals surface area (Å²) in [5, 5.41) is 6.39. The molecular formula is C21H20N4O2S. The Bertz CT molecular complexity index is 973. The van der Waals surface area contributed by atoms with Crippen molar-refractivity contribution in [3.63, 3.8) is 0 Å². The molecule has 1 aromatic carbocycles. The van der Waals surface area contributed by atoms with Crippen LogP contribution in [0.15, 0.2) is 54.9 Å². The molecule has 0 fully saturated rings. The van der Waals surface area contributed by atoms with E-state index in [4.69, 9.17) is 0 Å². The zero-order valence-corrected chi connectivity index (χ0v) is 16.0. The van der Waals surface area contributed by atoms with Crippen LogP contribution in [-0.4, -0.2) is 21.8 Å². The first-order valence-corrected chi connectivity index (χ1v) is 10.0. The Morgan fingerprint density at radius 3 is 2.79 bits per heavy atom. The van der Waals surface area contributed by atoms with Gasteiger partial charge in [0.1, 0.15) is 0 Å². The van der Waals surface area contributed by atoms with Crippen LogP contribution >= 0.6 is 11.3 Å². The van der Waals surface area contributed by atoms with Crippen LogP contribution in [0.4, 0.5) is 5.13 Å². The van der Waals surface area contributed by atoms with Gasteiger partial charge in [0.25, 0.3) is 5.91 Å². The van der Waals surface area contributed by atoms with E-state index >= 15 is 0 Å². The summed E-state index contributed by atoms with van der Waals surface area (Å²) in [5.41, 5.74) is 2.34. The SMILES string of the molecule is O=C(Nc1nc2c(s1)CCCC2C(=O)NCc1cccnc1)c1ccccc1. The van der Waals surface area contributed by atoms with Crippen LogP contribution in [0.3, 0.4) is 0 Å². The lowest BCUT2D eigenvalue weighted by Crippen LogP contribution is -2.31. The first-order valence-electron chi connectivity index (χ1n) is 9.23. The van der Waals surface area contributed by atoms with E-state index in [0.717, 1.165) is 35.4 Å². The van der Waals surface area contributed by atoms with E-state index in [1.54, 1.807) is 24.5 Å². The number of pyridine rings is 1. The highest BCUT2D eigenvalue weighted by atomic mass is 32.1. The number of nitrogens with zero attached hydrogens (tertiary/aromatic N) is 2. The molecular weight excluding hydrogens is 372 g/mol. The number of carbonyl (C=O) groups excluding carboxylic acids is 2. The molecule has 1 aliphatic rings. The quantitative estimate of drug-likeness (QED) is 0.696. The lowest BCUT2D eigenvalue weighted by molar-refractivity contribution is -0.123. The van der Waals surface area contributed by atoms with Gasteiger partial charge in [-0.05, 0) is 43.0 Å². The molecule has 0 aliphatic heterocycles. The fourth-order valence-corrected chi connectivity index (χ4v) is 4.36. The predicted molar refractivity (Wildman–Crippen MR) is 108 cm³/mol. The Morgan fingerprint density at radius 2 is 2.00 bits per heavy atom. The van der Waals surface area contributed by atoms with Gasteiger partial charge in [0.2, 0.25) is 5.91 Å². The minimum atomic E-state index is -0.279. The van der Waals surface area contributed by atoms with Gasteiger partial charge in [-0.2, -0.15) is 0 Å². The fourth-order valence-electron chi connectivity index (χ4n) is 3.30. The van der Waals surface area contributed by atoms with Crippen LogP contribution in [-0.2, 0) is 17.8 Å². The van der Waals surface area contributed by atoms with E-state index in [2.05, 4.69) is 20.6 Å². The third-order valence-electron chi connectivity index (χ3n) is 4.72. The molecule has 2 aromatic heterocycles. The lowest BCUT2D eigenvalue weighted by Gasteiger charge is -2.20. The fraction of sp³-hybridized carbons (Fsp3) is 0.238. The van der Waals surface area contributed by atoms with Crippen molar-refractivity contribution in [3.05, 3.63) is 76.6 Å². The van der Waals surface area contributed by atoms with Crippen molar-refractivity contribution in [3.8, 4) is 0 Å². The number of amides is 2. The number of carbonyl (C=O) groups is 2. The van der Waals surface area contributed by atoms with Gasteiger partial charge in [-0.25, -0.2) is 4.98 Å². The number of aryl methyl sites for hydroxylation is 1. The number of fused-ring (bicyclic) bond motifs is 1. The molecule has 1 atom stereocenters. The van der Waals surface area contributed by atoms with Crippen LogP contribution in [0, 0.1) is 0 Å². The largest absolute Gasteiger partial charge is 0.351 e. The molecule has 142 valence electrons. The monoisotopic (exact) mass is 392 g/mol. The van der Waals surface area contributed by atoms with E-state index in [-0.39, 0.29) is 17.7 Å². The van der Waals surface area contributed by atoms with Gasteiger partial charge in [-0.1, -0.05) is 24.3 Å². The average molecular weight is 392 g/mol. The highest BCUT2D eigenvalue weighted by molar-refractivity contribution is 7.15. The number of hydrogen-bond donors (Lipinski definition) is 2. The molecule has 0 saturated heterocycles. The van der Waals surface area contributed by atoms with Gasteiger partial charge in [0, 0.05) is 29.4 Å². The number of benzene rings is 1. The van der Waals surface area contributed by atoms with Crippen molar-refractivity contribution in [2.75, 3.05) is 5.32 Å². The summed E-state index contributed by atoms with van der Waals surface area (Å²) in [7, 11) is 0. The van der Waals surface area contributed by atoms with Gasteiger partial charge < -0.3 is 5.32 Å². The average Bonchev–Trinajstić information content (AvgIpc) is 3.15. The summed E-state index contributed by atoms with van der Waals surface area (Å²) in [6.45, 7) is 0.445. The number of rotatable bonds is 5. The summed E-state index contributed by atoms with van der Waals surface area (Å²) in [6, 6.07) is 12.8. The van der Waals surface area contributed by atoms with Gasteiger partial charge in [0.15, 0.2) is 5.13 Å². The molecule has 4 rings (SSSR count). The van der Waals surface area contributed by atoms with Crippen molar-refractivity contribution in [2.24, 2.45) is 0 Å². The summed E-state index contributed by atoms with van der Waals surface area (Å²) >= 11 is 1.46. The van der Waals surface area contributed by atoms with E-state index in [1.807, 2.05) is 30.3 Å². The van der Waals surface area contributed by atoms with Crippen LogP contribution in [0.25, 0.3) is 0 Å². The van der Waals surface area contributed by atoms with E-state index in [1.165, 1.54) is 11.3 Å². The molecule has 1 aliphatic carbocycles. The van der Waals surface area contributed by atoms with Crippen molar-refractivity contribution >= 4 is 28.3 Å². The number of nitrogens with one attached hydrogen (secondary N) is 2. The van der Waals surface area contributed by atoms with Crippen molar-refractivity contribution in [1.29, 1.82) is 0 Å². The number of anilines is 1. The van der Waals surface area contributed by atoms with Gasteiger partial charge in [-0.15, -0.1) is 11.3 Å². The number of thiazole rings is 1. The molecule has 3 aromatic rings. The first kappa shape index (κ1) is 18.3. The predicted octanol–water partition coefficient (Wildman–Crippen LogP) is 3.53. The lowest BCUT2D eigenvalue weighted by atomic mass is 9.90. The van der Waals surface area contributed by atoms with Crippen molar-refractivity contribution in [2.45, 2.75) is 31.7 Å². The van der Waals surface area contributed by atoms with Gasteiger partial charge in [0.05, 0.1) is 11.6 Å². The van der Waals surface area contributed by atoms with E-state index in [9.17, 15) is 9.59 Å². The zero-order chi connectivity index (χ0) is 19.3. The van der Waals surface area contributed by atoms with E-state index < -0.39 is 0 Å². The Kier molecular flexibility index (Phi) is 5.43. The summed E-state index contributed by atoms with van der Waals surface area (Å²) in [6.07, 6.45) is 6.04. The van der Waals surface area contributed by atoms with Crippen LogP contribution in [0.1, 0.15) is 45.3 Å². The molecule has 2 N–H and O–H groups in total. The van der Waals surface area contributed by atoms with Crippen LogP contribution in [0.2, 0.25) is 0 Å². The van der Waals surface area contributed by atoms with Crippen LogP contribution in [0.5, 0.6) is 0 Å². The number of aromatic nitrogens is 2. The van der Waals surface area contributed by atoms with Crippen molar-refractivity contribution < 1.29 is 9.59 Å². The van der Waals surface area contributed by atoms with Crippen molar-refractivity contribution in [1.82, 2.24) is 15.3 Å². The Balaban J connectivity index is 1.45. The molecule has 0 spiro atoms. The molecule has 0 saturated carbocycles. The molecule has 0 radical (unpaired) electrons. The second kappa shape index (κ2) is 8.31. The summed E-state index contributed by atoms with van der Waals surface area (Å²) in [5.74, 6) is -0.501. The minimum Gasteiger partial charge on any atom is -0.351 e. The maximum atomic E-state index is 12.7. The molecule has 1 unspecified atom stereocenters.